The number of anilines is 1. The number of halogens is 6. The normalized spacial score (nSPS) is 18.9. The number of nitrogens with two attached hydrogens (primary N) is 1. The van der Waals surface area contributed by atoms with Crippen molar-refractivity contribution < 1.29 is 50.5 Å². The van der Waals surface area contributed by atoms with Crippen LogP contribution >= 0.6 is 0 Å². The molecule has 254 valence electrons. The first-order chi connectivity index (χ1) is 22.3. The highest BCUT2D eigenvalue weighted by atomic mass is 19.4. The first-order valence-corrected chi connectivity index (χ1v) is 14.7. The van der Waals surface area contributed by atoms with Crippen molar-refractivity contribution in [3.05, 3.63) is 101 Å². The fourth-order valence-corrected chi connectivity index (χ4v) is 5.24. The monoisotopic (exact) mass is 668 g/mol. The highest BCUT2D eigenvalue weighted by Crippen LogP contribution is 2.30. The standard InChI is InChI=1S/C32H34F6N4O5/c33-20-8-4-18(5-9-20)28(19-6-10-21(34)11-7-19)29(39)30(44)42-25-3-1-2-24(35)23(25)13-12-22-14-40-26(15-43)27(47-22)16-46-31(45)41-17-32(36,37)38/h1-11,22,26-29,40,43H,12-17,39H2,(H,41,45)(H,42,44)/t22-,26-,27-,29+/m1/s1. The van der Waals surface area contributed by atoms with E-state index in [0.717, 1.165) is 0 Å². The lowest BCUT2D eigenvalue weighted by Gasteiger charge is -2.36. The Kier molecular flexibility index (Phi) is 12.2. The summed E-state index contributed by atoms with van der Waals surface area (Å²) in [6.07, 6.45) is -7.17. The van der Waals surface area contributed by atoms with Crippen LogP contribution in [0, 0.1) is 17.5 Å². The number of aliphatic hydroxyl groups is 1. The predicted octanol–water partition coefficient (Wildman–Crippen LogP) is 4.14. The van der Waals surface area contributed by atoms with Crippen molar-refractivity contribution in [3.63, 3.8) is 0 Å². The van der Waals surface area contributed by atoms with Crippen molar-refractivity contribution in [2.24, 2.45) is 5.73 Å². The molecule has 0 aromatic heterocycles. The lowest BCUT2D eigenvalue weighted by molar-refractivity contribution is -0.125. The number of hydrogen-bond donors (Lipinski definition) is 5. The molecule has 3 aromatic rings. The Hall–Kier alpha value is -4.18. The summed E-state index contributed by atoms with van der Waals surface area (Å²) < 4.78 is 90.2. The number of aliphatic hydroxyl groups excluding tert-OH is 1. The van der Waals surface area contributed by atoms with Crippen LogP contribution in [-0.4, -0.2) is 73.9 Å². The van der Waals surface area contributed by atoms with E-state index < -0.39 is 85.6 Å². The highest BCUT2D eigenvalue weighted by Gasteiger charge is 2.33. The molecule has 1 aliphatic heterocycles. The highest BCUT2D eigenvalue weighted by molar-refractivity contribution is 5.96. The number of hydrogen-bond acceptors (Lipinski definition) is 7. The average molecular weight is 669 g/mol. The molecule has 0 unspecified atom stereocenters. The van der Waals surface area contributed by atoms with Crippen LogP contribution in [0.25, 0.3) is 0 Å². The van der Waals surface area contributed by atoms with Gasteiger partial charge in [-0.1, -0.05) is 30.3 Å². The SMILES string of the molecule is N[C@H](C(=O)Nc1cccc(F)c1CC[C@@H]1CN[C@H](CO)[C@@H](COC(=O)NCC(F)(F)F)O1)C(c1ccc(F)cc1)c1ccc(F)cc1. The van der Waals surface area contributed by atoms with Gasteiger partial charge in [-0.05, 0) is 60.4 Å². The van der Waals surface area contributed by atoms with E-state index in [1.165, 1.54) is 66.7 Å². The van der Waals surface area contributed by atoms with Gasteiger partial charge in [0.05, 0.1) is 24.8 Å². The van der Waals surface area contributed by atoms with E-state index in [-0.39, 0.29) is 30.6 Å². The van der Waals surface area contributed by atoms with E-state index in [0.29, 0.717) is 11.1 Å². The summed E-state index contributed by atoms with van der Waals surface area (Å²) in [6, 6.07) is 12.9. The van der Waals surface area contributed by atoms with Crippen LogP contribution < -0.4 is 21.7 Å². The summed E-state index contributed by atoms with van der Waals surface area (Å²) in [7, 11) is 0. The molecule has 0 radical (unpaired) electrons. The average Bonchev–Trinajstić information content (AvgIpc) is 3.04. The topological polar surface area (TPSA) is 135 Å². The van der Waals surface area contributed by atoms with E-state index in [9.17, 15) is 36.6 Å². The second kappa shape index (κ2) is 16.1. The molecule has 0 saturated carbocycles. The van der Waals surface area contributed by atoms with Gasteiger partial charge in [0.1, 0.15) is 36.7 Å². The van der Waals surface area contributed by atoms with Crippen LogP contribution in [0.1, 0.15) is 29.0 Å². The van der Waals surface area contributed by atoms with Crippen LogP contribution in [0.4, 0.5) is 36.8 Å². The van der Waals surface area contributed by atoms with Crippen LogP contribution in [0.3, 0.4) is 0 Å². The minimum atomic E-state index is -4.62. The Morgan fingerprint density at radius 3 is 2.19 bits per heavy atom. The third-order valence-corrected chi connectivity index (χ3v) is 7.65. The minimum Gasteiger partial charge on any atom is -0.447 e. The second-order valence-electron chi connectivity index (χ2n) is 11.0. The number of rotatable bonds is 12. The van der Waals surface area contributed by atoms with Crippen molar-refractivity contribution in [1.82, 2.24) is 10.6 Å². The van der Waals surface area contributed by atoms with Gasteiger partial charge in [-0.2, -0.15) is 13.2 Å². The van der Waals surface area contributed by atoms with Crippen molar-refractivity contribution in [2.75, 3.05) is 31.6 Å². The molecule has 9 nitrogen and oxygen atoms in total. The summed E-state index contributed by atoms with van der Waals surface area (Å²) >= 11 is 0. The molecule has 1 saturated heterocycles. The maximum Gasteiger partial charge on any atom is 0.407 e. The van der Waals surface area contributed by atoms with E-state index >= 15 is 4.39 Å². The Morgan fingerprint density at radius 2 is 1.62 bits per heavy atom. The largest absolute Gasteiger partial charge is 0.447 e. The third-order valence-electron chi connectivity index (χ3n) is 7.65. The van der Waals surface area contributed by atoms with Gasteiger partial charge in [-0.25, -0.2) is 18.0 Å². The van der Waals surface area contributed by atoms with E-state index in [2.05, 4.69) is 10.6 Å². The number of amides is 2. The fraction of sp³-hybridized carbons (Fsp3) is 0.375. The van der Waals surface area contributed by atoms with Crippen LogP contribution in [0.2, 0.25) is 0 Å². The van der Waals surface area contributed by atoms with Gasteiger partial charge in [0, 0.05) is 23.7 Å². The molecule has 1 fully saturated rings. The van der Waals surface area contributed by atoms with Crippen LogP contribution in [0.5, 0.6) is 0 Å². The van der Waals surface area contributed by atoms with Crippen LogP contribution in [0.15, 0.2) is 66.7 Å². The summed E-state index contributed by atoms with van der Waals surface area (Å²) in [4.78, 5) is 25.1. The molecular weight excluding hydrogens is 634 g/mol. The number of alkyl halides is 3. The summed E-state index contributed by atoms with van der Waals surface area (Å²) in [5.41, 5.74) is 7.70. The Labute approximate surface area is 266 Å². The zero-order valence-electron chi connectivity index (χ0n) is 24.9. The molecule has 2 amide bonds. The Balaban J connectivity index is 1.43. The van der Waals surface area contributed by atoms with Gasteiger partial charge in [-0.3, -0.25) is 4.79 Å². The second-order valence-corrected chi connectivity index (χ2v) is 11.0. The molecule has 1 aliphatic rings. The lowest BCUT2D eigenvalue weighted by Crippen LogP contribution is -2.56. The molecule has 3 aromatic carbocycles. The lowest BCUT2D eigenvalue weighted by atomic mass is 9.85. The van der Waals surface area contributed by atoms with E-state index in [1.807, 2.05) is 0 Å². The molecule has 0 bridgehead atoms. The van der Waals surface area contributed by atoms with Gasteiger partial charge in [0.15, 0.2) is 0 Å². The number of morpholine rings is 1. The molecule has 4 rings (SSSR count). The molecule has 0 spiro atoms. The Morgan fingerprint density at radius 1 is 1.00 bits per heavy atom. The molecule has 4 atom stereocenters. The number of benzene rings is 3. The van der Waals surface area contributed by atoms with Gasteiger partial charge >= 0.3 is 12.3 Å². The molecule has 1 heterocycles. The molecule has 0 aliphatic carbocycles. The smallest absolute Gasteiger partial charge is 0.407 e. The predicted molar refractivity (Wildman–Crippen MR) is 159 cm³/mol. The van der Waals surface area contributed by atoms with Gasteiger partial charge < -0.3 is 36.3 Å². The summed E-state index contributed by atoms with van der Waals surface area (Å²) in [6.45, 7) is -2.22. The fourth-order valence-electron chi connectivity index (χ4n) is 5.24. The van der Waals surface area contributed by atoms with Gasteiger partial charge in [0.2, 0.25) is 5.91 Å². The maximum atomic E-state index is 15.1. The molecular formula is C32H34F6N4O5. The van der Waals surface area contributed by atoms with Crippen molar-refractivity contribution >= 4 is 17.7 Å². The van der Waals surface area contributed by atoms with E-state index in [4.69, 9.17) is 15.2 Å². The van der Waals surface area contributed by atoms with Crippen molar-refractivity contribution in [2.45, 2.75) is 49.2 Å². The zero-order chi connectivity index (χ0) is 34.1. The first kappa shape index (κ1) is 35.7. The number of ether oxygens (including phenoxy) is 2. The molecule has 15 heteroatoms. The van der Waals surface area contributed by atoms with Gasteiger partial charge in [0.25, 0.3) is 0 Å². The number of carbonyl (C=O) groups is 2. The van der Waals surface area contributed by atoms with Gasteiger partial charge in [-0.15, -0.1) is 0 Å². The zero-order valence-corrected chi connectivity index (χ0v) is 24.9. The minimum absolute atomic E-state index is 0.0622. The van der Waals surface area contributed by atoms with Crippen LogP contribution in [-0.2, 0) is 20.7 Å². The third kappa shape index (κ3) is 10.2. The number of alkyl carbamates (subject to hydrolysis) is 1. The number of nitrogens with one attached hydrogen (secondary N) is 3. The van der Waals surface area contributed by atoms with E-state index in [1.54, 1.807) is 5.32 Å². The molecule has 47 heavy (non-hydrogen) atoms. The number of carbonyl (C=O) groups excluding carboxylic acids is 2. The summed E-state index contributed by atoms with van der Waals surface area (Å²) in [5, 5.41) is 16.9. The summed E-state index contributed by atoms with van der Waals surface area (Å²) in [5.74, 6) is -3.10. The maximum absolute atomic E-state index is 15.1. The van der Waals surface area contributed by atoms with Crippen molar-refractivity contribution in [3.8, 4) is 0 Å². The van der Waals surface area contributed by atoms with Crippen molar-refractivity contribution in [1.29, 1.82) is 0 Å². The Bertz CT molecular complexity index is 1450. The molecule has 6 N–H and O–H groups in total. The quantitative estimate of drug-likeness (QED) is 0.183. The first-order valence-electron chi connectivity index (χ1n) is 14.7.